The van der Waals surface area contributed by atoms with Crippen LogP contribution in [0.25, 0.3) is 11.0 Å². The molecule has 2 aliphatic heterocycles. The normalized spacial score (nSPS) is 19.9. The number of hydrogen-bond donors (Lipinski definition) is 1. The molecule has 2 aliphatic rings. The number of fused-ring (bicyclic) bond motifs is 1. The number of piperidine rings is 1. The zero-order valence-corrected chi connectivity index (χ0v) is 25.9. The first-order valence-electron chi connectivity index (χ1n) is 13.7. The van der Waals surface area contributed by atoms with E-state index in [-0.39, 0.29) is 30.1 Å². The van der Waals surface area contributed by atoms with Gasteiger partial charge in [0.05, 0.1) is 0 Å². The molecule has 12 heteroatoms. The second kappa shape index (κ2) is 12.7. The molecule has 0 saturated carbocycles. The molecule has 4 heterocycles. The van der Waals surface area contributed by atoms with Gasteiger partial charge in [0.2, 0.25) is 0 Å². The van der Waals surface area contributed by atoms with Gasteiger partial charge in [0.1, 0.15) is 6.61 Å². The number of imidazole rings is 1. The summed E-state index contributed by atoms with van der Waals surface area (Å²) in [6, 6.07) is 15.2. The van der Waals surface area contributed by atoms with Crippen LogP contribution < -0.4 is 9.47 Å². The third-order valence-electron chi connectivity index (χ3n) is 7.49. The first-order chi connectivity index (χ1) is 20.3. The van der Waals surface area contributed by atoms with Crippen LogP contribution in [0.3, 0.4) is 0 Å². The fourth-order valence-electron chi connectivity index (χ4n) is 5.19. The number of aromatic carboxylic acids is 1. The van der Waals surface area contributed by atoms with Gasteiger partial charge in [-0.25, -0.2) is 4.39 Å². The van der Waals surface area contributed by atoms with Crippen molar-refractivity contribution < 1.29 is 26.8 Å². The van der Waals surface area contributed by atoms with Gasteiger partial charge in [0.15, 0.2) is 11.6 Å². The van der Waals surface area contributed by atoms with E-state index < -0.39 is 32.0 Å². The molecular weight excluding hydrogens is 678 g/mol. The molecule has 2 fully saturated rings. The average Bonchev–Trinajstić information content (AvgIpc) is 3.28. The molecule has 42 heavy (non-hydrogen) atoms. The number of likely N-dealkylation sites (tertiary alicyclic amines) is 1. The molecule has 0 radical (unpaired) electrons. The molecule has 2 saturated heterocycles. The van der Waals surface area contributed by atoms with E-state index in [4.69, 9.17) is 29.1 Å². The summed E-state index contributed by atoms with van der Waals surface area (Å²) >= 11 is 4.31. The number of rotatable bonds is 10. The van der Waals surface area contributed by atoms with Crippen LogP contribution in [-0.2, 0) is 20.8 Å². The van der Waals surface area contributed by atoms with Crippen LogP contribution in [0.5, 0.6) is 11.6 Å². The SMILES string of the molecule is C[C@H]1C[C@@H](Oc2cccc(COc3ccc(Cl)cc3F)n2)CCN1Cc1nc2ccc(C(=O)O)cc2n1CI1CCO1. The Balaban J connectivity index is 1.09. The van der Waals surface area contributed by atoms with Gasteiger partial charge in [-0.05, 0) is 24.3 Å². The van der Waals surface area contributed by atoms with Crippen molar-refractivity contribution >= 4 is 48.8 Å². The number of carboxylic acid groups (broad SMARTS) is 1. The first-order valence-corrected chi connectivity index (χ1v) is 18.1. The predicted octanol–water partition coefficient (Wildman–Crippen LogP) is 6.34. The molecule has 0 bridgehead atoms. The molecule has 0 amide bonds. The summed E-state index contributed by atoms with van der Waals surface area (Å²) in [4.78, 5) is 23.5. The van der Waals surface area contributed by atoms with Crippen molar-refractivity contribution in [1.82, 2.24) is 19.4 Å². The standard InChI is InChI=1S/C30H31ClFIN4O5/c1-19-13-23(42-29-4-2-3-22(34-29)17-40-27-8-6-21(31)15-24(27)32)9-11-36(19)16-28-35-25-7-5-20(30(38)39)14-26(25)37(28)18-33-10-12-41-33/h2-8,14-15,19,23H,9-13,16-18H2,1H3,(H,38,39)/t19-,23-/m0/s1. The Kier molecular flexibility index (Phi) is 8.80. The van der Waals surface area contributed by atoms with Crippen molar-refractivity contribution in [2.24, 2.45) is 0 Å². The molecule has 0 unspecified atom stereocenters. The van der Waals surface area contributed by atoms with E-state index in [1.807, 2.05) is 18.2 Å². The molecule has 9 nitrogen and oxygen atoms in total. The molecule has 0 spiro atoms. The summed E-state index contributed by atoms with van der Waals surface area (Å²) in [5.74, 6) is 0.115. The number of halogens is 3. The van der Waals surface area contributed by atoms with E-state index in [9.17, 15) is 14.3 Å². The van der Waals surface area contributed by atoms with Crippen LogP contribution in [0, 0.1) is 5.82 Å². The number of carbonyl (C=O) groups is 1. The maximum atomic E-state index is 14.1. The Labute approximate surface area is 255 Å². The molecule has 0 aliphatic carbocycles. The predicted molar refractivity (Wildman–Crippen MR) is 165 cm³/mol. The van der Waals surface area contributed by atoms with Crippen LogP contribution in [0.4, 0.5) is 4.39 Å². The Morgan fingerprint density at radius 1 is 1.21 bits per heavy atom. The van der Waals surface area contributed by atoms with Crippen LogP contribution in [0.2, 0.25) is 5.02 Å². The van der Waals surface area contributed by atoms with Gasteiger partial charge >= 0.3 is 188 Å². The second-order valence-electron chi connectivity index (χ2n) is 10.4. The number of nitrogens with zero attached hydrogens (tertiary/aromatic N) is 4. The van der Waals surface area contributed by atoms with Crippen LogP contribution in [-0.4, -0.2) is 60.2 Å². The molecule has 2 atom stereocenters. The van der Waals surface area contributed by atoms with Crippen molar-refractivity contribution in [2.45, 2.75) is 49.6 Å². The Hall–Kier alpha value is -3.00. The molecule has 1 N–H and O–H groups in total. The fourth-order valence-corrected chi connectivity index (χ4v) is 8.48. The molecular formula is C30H31ClFIN4O5. The van der Waals surface area contributed by atoms with E-state index >= 15 is 0 Å². The monoisotopic (exact) mass is 708 g/mol. The molecule has 222 valence electrons. The van der Waals surface area contributed by atoms with Crippen LogP contribution in [0.1, 0.15) is 41.6 Å². The van der Waals surface area contributed by atoms with Gasteiger partial charge in [-0.3, -0.25) is 0 Å². The Bertz CT molecular complexity index is 1600. The number of carboxylic acids is 1. The Morgan fingerprint density at radius 3 is 2.81 bits per heavy atom. The van der Waals surface area contributed by atoms with E-state index in [0.29, 0.717) is 23.1 Å². The number of alkyl halides is 2. The minimum absolute atomic E-state index is 0.00213. The summed E-state index contributed by atoms with van der Waals surface area (Å²) in [6.07, 6.45) is 1.65. The van der Waals surface area contributed by atoms with Crippen molar-refractivity contribution in [3.8, 4) is 11.6 Å². The molecule has 2 aromatic carbocycles. The van der Waals surface area contributed by atoms with Gasteiger partial charge in [0.25, 0.3) is 0 Å². The van der Waals surface area contributed by atoms with Gasteiger partial charge in [0, 0.05) is 5.02 Å². The summed E-state index contributed by atoms with van der Waals surface area (Å²) in [6.45, 7) is 4.61. The fraction of sp³-hybridized carbons (Fsp3) is 0.367. The van der Waals surface area contributed by atoms with Gasteiger partial charge in [-0.1, -0.05) is 11.6 Å². The summed E-state index contributed by atoms with van der Waals surface area (Å²) in [5, 5.41) is 9.83. The minimum atomic E-state index is -1.51. The number of ether oxygens (including phenoxy) is 2. The number of hydrogen-bond acceptors (Lipinski definition) is 7. The van der Waals surface area contributed by atoms with Crippen molar-refractivity contribution in [3.63, 3.8) is 0 Å². The van der Waals surface area contributed by atoms with Crippen molar-refractivity contribution in [1.29, 1.82) is 0 Å². The van der Waals surface area contributed by atoms with E-state index in [2.05, 4.69) is 21.4 Å². The van der Waals surface area contributed by atoms with Gasteiger partial charge in [-0.15, -0.1) is 0 Å². The third kappa shape index (κ3) is 6.64. The van der Waals surface area contributed by atoms with Crippen molar-refractivity contribution in [2.75, 3.05) is 17.6 Å². The first kappa shape index (κ1) is 29.1. The number of benzene rings is 2. The van der Waals surface area contributed by atoms with Crippen molar-refractivity contribution in [3.05, 3.63) is 82.5 Å². The van der Waals surface area contributed by atoms with Crippen LogP contribution >= 0.6 is 31.8 Å². The zero-order valence-electron chi connectivity index (χ0n) is 23.0. The molecule has 4 aromatic rings. The average molecular weight is 709 g/mol. The molecule has 2 aromatic heterocycles. The zero-order chi connectivity index (χ0) is 29.2. The topological polar surface area (TPSA) is 98.9 Å². The number of aromatic nitrogens is 3. The second-order valence-corrected chi connectivity index (χ2v) is 15.6. The van der Waals surface area contributed by atoms with E-state index in [1.165, 1.54) is 12.1 Å². The summed E-state index contributed by atoms with van der Waals surface area (Å²) < 4.78 is 35.9. The van der Waals surface area contributed by atoms with Crippen LogP contribution in [0.15, 0.2) is 54.6 Å². The van der Waals surface area contributed by atoms with E-state index in [1.54, 1.807) is 24.3 Å². The number of pyridine rings is 1. The Morgan fingerprint density at radius 2 is 2.07 bits per heavy atom. The van der Waals surface area contributed by atoms with Gasteiger partial charge < -0.3 is 4.74 Å². The summed E-state index contributed by atoms with van der Waals surface area (Å²) in [7, 11) is 0. The molecule has 6 rings (SSSR count). The third-order valence-corrected chi connectivity index (χ3v) is 12.1. The van der Waals surface area contributed by atoms with Gasteiger partial charge in [-0.2, -0.15) is 0 Å². The summed E-state index contributed by atoms with van der Waals surface area (Å²) in [5.41, 5.74) is 2.57. The quantitative estimate of drug-likeness (QED) is 0.151. The van der Waals surface area contributed by atoms with E-state index in [0.717, 1.165) is 51.8 Å². The maximum absolute atomic E-state index is 14.1.